The number of aryl methyl sites for hydroxylation is 1. The van der Waals surface area contributed by atoms with Crippen LogP contribution in [0.4, 0.5) is 0 Å². The first-order chi connectivity index (χ1) is 15.5. The minimum atomic E-state index is -0.567. The number of nitrogens with one attached hydrogen (secondary N) is 2. The fourth-order valence-corrected chi connectivity index (χ4v) is 5.49. The average molecular weight is 473 g/mol. The lowest BCUT2D eigenvalue weighted by Gasteiger charge is -2.41. The number of hydrogen-bond donors (Lipinski definition) is 3. The predicted octanol–water partition coefficient (Wildman–Crippen LogP) is 3.11. The minimum absolute atomic E-state index is 0.0977. The third-order valence-electron chi connectivity index (χ3n) is 6.35. The molecule has 1 unspecified atom stereocenters. The molecule has 1 aliphatic rings. The molecule has 7 nitrogen and oxygen atoms in total. The highest BCUT2D eigenvalue weighted by Gasteiger charge is 2.43. The summed E-state index contributed by atoms with van der Waals surface area (Å²) in [5, 5.41) is 16.4. The molecule has 33 heavy (non-hydrogen) atoms. The number of rotatable bonds is 7. The number of amides is 2. The molecule has 1 aliphatic heterocycles. The van der Waals surface area contributed by atoms with Gasteiger partial charge in [-0.15, -0.1) is 11.3 Å². The number of benzene rings is 1. The van der Waals surface area contributed by atoms with Crippen LogP contribution in [-0.4, -0.2) is 57.6 Å². The molecular weight excluding hydrogens is 436 g/mol. The Morgan fingerprint density at radius 3 is 2.48 bits per heavy atom. The van der Waals surface area contributed by atoms with Gasteiger partial charge in [0.05, 0.1) is 28.2 Å². The van der Waals surface area contributed by atoms with Crippen LogP contribution >= 0.6 is 11.3 Å². The van der Waals surface area contributed by atoms with Gasteiger partial charge in [-0.25, -0.2) is 4.98 Å². The van der Waals surface area contributed by atoms with E-state index in [0.29, 0.717) is 19.5 Å². The average Bonchev–Trinajstić information content (AvgIpc) is 3.35. The standard InChI is InChI=1S/C25H36N4O3S/c1-15-22(33-14-27-15)19-9-7-18(8-10-19)12-26-24(32)21-11-20(31)13-29(21)16(2)23(25(4,5)6)28-17(3)30/h7-10,14,16,20-21,23,31H,11-13H2,1-6H3,(H,26,32)(H,28,30)/t16?,20-,21+,23-/m1/s1. The van der Waals surface area contributed by atoms with Gasteiger partial charge >= 0.3 is 0 Å². The van der Waals surface area contributed by atoms with E-state index >= 15 is 0 Å². The van der Waals surface area contributed by atoms with E-state index in [-0.39, 0.29) is 29.3 Å². The maximum atomic E-state index is 13.1. The second-order valence-electron chi connectivity index (χ2n) is 10.1. The number of thiazole rings is 1. The van der Waals surface area contributed by atoms with Gasteiger partial charge in [0, 0.05) is 32.1 Å². The summed E-state index contributed by atoms with van der Waals surface area (Å²) in [6.45, 7) is 12.6. The normalized spacial score (nSPS) is 20.9. The lowest BCUT2D eigenvalue weighted by atomic mass is 9.82. The maximum absolute atomic E-state index is 13.1. The monoisotopic (exact) mass is 472 g/mol. The fraction of sp³-hybridized carbons (Fsp3) is 0.560. The van der Waals surface area contributed by atoms with Crippen molar-refractivity contribution >= 4 is 23.2 Å². The molecule has 4 atom stereocenters. The number of aromatic nitrogens is 1. The molecule has 1 saturated heterocycles. The highest BCUT2D eigenvalue weighted by molar-refractivity contribution is 7.13. The number of aliphatic hydroxyl groups excluding tert-OH is 1. The third kappa shape index (κ3) is 6.19. The Balaban J connectivity index is 1.66. The molecule has 1 aromatic carbocycles. The highest BCUT2D eigenvalue weighted by atomic mass is 32.1. The van der Waals surface area contributed by atoms with E-state index in [1.165, 1.54) is 6.92 Å². The summed E-state index contributed by atoms with van der Waals surface area (Å²) in [6, 6.07) is 7.44. The van der Waals surface area contributed by atoms with Crippen LogP contribution in [0.3, 0.4) is 0 Å². The van der Waals surface area contributed by atoms with E-state index in [1.54, 1.807) is 11.3 Å². The summed E-state index contributed by atoms with van der Waals surface area (Å²) in [4.78, 5) is 32.4. The topological polar surface area (TPSA) is 94.6 Å². The van der Waals surface area contributed by atoms with Crippen molar-refractivity contribution in [2.75, 3.05) is 6.54 Å². The van der Waals surface area contributed by atoms with Gasteiger partial charge in [-0.3, -0.25) is 14.5 Å². The van der Waals surface area contributed by atoms with E-state index in [1.807, 2.05) is 36.4 Å². The first-order valence-electron chi connectivity index (χ1n) is 11.5. The zero-order chi connectivity index (χ0) is 24.3. The summed E-state index contributed by atoms with van der Waals surface area (Å²) in [6.07, 6.45) is -0.181. The Morgan fingerprint density at radius 2 is 1.94 bits per heavy atom. The summed E-state index contributed by atoms with van der Waals surface area (Å²) >= 11 is 1.62. The Hall–Kier alpha value is -2.29. The summed E-state index contributed by atoms with van der Waals surface area (Å²) in [5.74, 6) is -0.198. The van der Waals surface area contributed by atoms with Crippen molar-refractivity contribution in [2.45, 2.75) is 78.7 Å². The predicted molar refractivity (Wildman–Crippen MR) is 132 cm³/mol. The first kappa shape index (κ1) is 25.3. The third-order valence-corrected chi connectivity index (χ3v) is 7.32. The molecule has 0 bridgehead atoms. The van der Waals surface area contributed by atoms with Crippen LogP contribution < -0.4 is 10.6 Å². The summed E-state index contributed by atoms with van der Waals surface area (Å²) in [7, 11) is 0. The molecule has 1 aromatic heterocycles. The molecule has 3 N–H and O–H groups in total. The zero-order valence-electron chi connectivity index (χ0n) is 20.4. The van der Waals surface area contributed by atoms with Crippen LogP contribution in [0.25, 0.3) is 10.4 Å². The largest absolute Gasteiger partial charge is 0.392 e. The van der Waals surface area contributed by atoms with E-state index in [4.69, 9.17) is 0 Å². The number of carbonyl (C=O) groups excluding carboxylic acids is 2. The molecule has 0 aliphatic carbocycles. The Labute approximate surface area is 200 Å². The fourth-order valence-electron chi connectivity index (χ4n) is 4.68. The van der Waals surface area contributed by atoms with Crippen LogP contribution in [0.2, 0.25) is 0 Å². The van der Waals surface area contributed by atoms with Gasteiger partial charge in [0.1, 0.15) is 0 Å². The lowest BCUT2D eigenvalue weighted by Crippen LogP contribution is -2.58. The molecular formula is C25H36N4O3S. The molecule has 2 heterocycles. The van der Waals surface area contributed by atoms with Gasteiger partial charge in [-0.1, -0.05) is 45.0 Å². The Morgan fingerprint density at radius 1 is 1.27 bits per heavy atom. The molecule has 2 amide bonds. The van der Waals surface area contributed by atoms with E-state index in [0.717, 1.165) is 21.7 Å². The first-order valence-corrected chi connectivity index (χ1v) is 12.3. The van der Waals surface area contributed by atoms with E-state index in [2.05, 4.69) is 48.5 Å². The number of nitrogens with zero attached hydrogens (tertiary/aromatic N) is 2. The van der Waals surface area contributed by atoms with Crippen molar-refractivity contribution in [3.63, 3.8) is 0 Å². The van der Waals surface area contributed by atoms with E-state index < -0.39 is 12.1 Å². The summed E-state index contributed by atoms with van der Waals surface area (Å²) < 4.78 is 0. The number of likely N-dealkylation sites (tertiary alicyclic amines) is 1. The lowest BCUT2D eigenvalue weighted by molar-refractivity contribution is -0.127. The number of hydrogen-bond acceptors (Lipinski definition) is 6. The SMILES string of the molecule is CC(=O)N[C@H](C(C)N1C[C@H](O)C[C@H]1C(=O)NCc1ccc(-c2scnc2C)cc1)C(C)(C)C. The minimum Gasteiger partial charge on any atom is -0.392 e. The van der Waals surface area contributed by atoms with Gasteiger partial charge in [-0.05, 0) is 36.8 Å². The van der Waals surface area contributed by atoms with Gasteiger partial charge in [0.25, 0.3) is 0 Å². The van der Waals surface area contributed by atoms with E-state index in [9.17, 15) is 14.7 Å². The van der Waals surface area contributed by atoms with Crippen LogP contribution in [-0.2, 0) is 16.1 Å². The van der Waals surface area contributed by atoms with Crippen LogP contribution in [0.1, 0.15) is 52.3 Å². The second-order valence-corrected chi connectivity index (χ2v) is 10.9. The van der Waals surface area contributed by atoms with Crippen molar-refractivity contribution < 1.29 is 14.7 Å². The molecule has 2 aromatic rings. The van der Waals surface area contributed by atoms with Crippen molar-refractivity contribution in [3.8, 4) is 10.4 Å². The van der Waals surface area contributed by atoms with Gasteiger partial charge in [-0.2, -0.15) is 0 Å². The molecule has 180 valence electrons. The van der Waals surface area contributed by atoms with Crippen LogP contribution in [0.5, 0.6) is 0 Å². The van der Waals surface area contributed by atoms with Crippen LogP contribution in [0.15, 0.2) is 29.8 Å². The molecule has 3 rings (SSSR count). The Kier molecular flexibility index (Phi) is 7.92. The summed E-state index contributed by atoms with van der Waals surface area (Å²) in [5.41, 5.74) is 4.80. The smallest absolute Gasteiger partial charge is 0.237 e. The van der Waals surface area contributed by atoms with Crippen molar-refractivity contribution in [1.29, 1.82) is 0 Å². The molecule has 0 saturated carbocycles. The van der Waals surface area contributed by atoms with Gasteiger partial charge in [0.2, 0.25) is 11.8 Å². The number of carbonyl (C=O) groups is 2. The quantitative estimate of drug-likeness (QED) is 0.576. The second kappa shape index (κ2) is 10.3. The number of aliphatic hydroxyl groups is 1. The van der Waals surface area contributed by atoms with Gasteiger partial charge < -0.3 is 15.7 Å². The highest BCUT2D eigenvalue weighted by Crippen LogP contribution is 2.30. The molecule has 0 spiro atoms. The number of β-amino-alcohol motifs (C(OH)–C–C–N with tert-alkyl or cyclic N) is 1. The zero-order valence-corrected chi connectivity index (χ0v) is 21.2. The molecule has 0 radical (unpaired) electrons. The van der Waals surface area contributed by atoms with Crippen molar-refractivity contribution in [1.82, 2.24) is 20.5 Å². The molecule has 8 heteroatoms. The van der Waals surface area contributed by atoms with Crippen molar-refractivity contribution in [3.05, 3.63) is 41.0 Å². The van der Waals surface area contributed by atoms with Crippen molar-refractivity contribution in [2.24, 2.45) is 5.41 Å². The molecule has 1 fully saturated rings. The van der Waals surface area contributed by atoms with Gasteiger partial charge in [0.15, 0.2) is 0 Å². The maximum Gasteiger partial charge on any atom is 0.237 e. The Bertz CT molecular complexity index is 967. The van der Waals surface area contributed by atoms with Crippen LogP contribution in [0, 0.1) is 12.3 Å².